The van der Waals surface area contributed by atoms with E-state index in [0.717, 1.165) is 0 Å². The van der Waals surface area contributed by atoms with E-state index in [2.05, 4.69) is 29.6 Å². The molecule has 0 spiro atoms. The van der Waals surface area contributed by atoms with Crippen LogP contribution in [0.1, 0.15) is 50.7 Å². The number of hydrogen-bond acceptors (Lipinski definition) is 12. The number of esters is 1. The van der Waals surface area contributed by atoms with Gasteiger partial charge in [-0.1, -0.05) is 48.5 Å². The molecule has 0 saturated heterocycles. The molecule has 0 aromatic heterocycles. The summed E-state index contributed by atoms with van der Waals surface area (Å²) in [5.74, 6) is -0.220. The Balaban J connectivity index is 0.973. The maximum atomic E-state index is 12.3. The first-order valence-electron chi connectivity index (χ1n) is 18.3. The number of carbonyl (C=O) groups excluding carboxylic acids is 2. The van der Waals surface area contributed by atoms with Crippen molar-refractivity contribution in [1.29, 1.82) is 0 Å². The van der Waals surface area contributed by atoms with Gasteiger partial charge in [-0.05, 0) is 49.4 Å². The highest BCUT2D eigenvalue weighted by Crippen LogP contribution is 2.44. The average Bonchev–Trinajstić information content (AvgIpc) is 3.44. The Morgan fingerprint density at radius 1 is 0.558 bits per heavy atom. The summed E-state index contributed by atoms with van der Waals surface area (Å²) in [5, 5.41) is 2.80. The topological polar surface area (TPSA) is 138 Å². The molecular weight excluding hydrogens is 674 g/mol. The highest BCUT2D eigenvalue weighted by Gasteiger charge is 2.29. The normalized spacial score (nSPS) is 12.4. The number of fused-ring (bicyclic) bond motifs is 3. The molecule has 1 N–H and O–H groups in total. The van der Waals surface area contributed by atoms with Crippen molar-refractivity contribution in [1.82, 2.24) is 5.32 Å². The van der Waals surface area contributed by atoms with Gasteiger partial charge in [-0.2, -0.15) is 0 Å². The first kappa shape index (κ1) is 43.3. The van der Waals surface area contributed by atoms with Crippen LogP contribution in [0.3, 0.4) is 0 Å². The molecule has 0 heterocycles. The highest BCUT2D eigenvalue weighted by atomic mass is 16.6. The Morgan fingerprint density at radius 2 is 0.942 bits per heavy atom. The predicted octanol–water partition coefficient (Wildman–Crippen LogP) is 4.78. The summed E-state index contributed by atoms with van der Waals surface area (Å²) in [4.78, 5) is 23.8. The largest absolute Gasteiger partial charge is 0.460 e. The van der Waals surface area contributed by atoms with Crippen LogP contribution in [0.2, 0.25) is 0 Å². The summed E-state index contributed by atoms with van der Waals surface area (Å²) in [7, 11) is 0. The lowest BCUT2D eigenvalue weighted by Crippen LogP contribution is -2.27. The van der Waals surface area contributed by atoms with E-state index in [-0.39, 0.29) is 18.3 Å². The number of hydrogen-bond donors (Lipinski definition) is 1. The van der Waals surface area contributed by atoms with Crippen LogP contribution in [0.4, 0.5) is 4.79 Å². The molecule has 0 radical (unpaired) electrons. The Kier molecular flexibility index (Phi) is 22.1. The zero-order valence-electron chi connectivity index (χ0n) is 31.2. The van der Waals surface area contributed by atoms with E-state index in [9.17, 15) is 9.59 Å². The Hall–Kier alpha value is -3.14. The van der Waals surface area contributed by atoms with Crippen LogP contribution in [0.25, 0.3) is 11.1 Å². The maximum Gasteiger partial charge on any atom is 0.407 e. The fourth-order valence-corrected chi connectivity index (χ4v) is 5.20. The molecule has 0 atom stereocenters. The van der Waals surface area contributed by atoms with Gasteiger partial charge >= 0.3 is 12.1 Å². The number of amides is 1. The minimum absolute atomic E-state index is 0.0476. The minimum Gasteiger partial charge on any atom is -0.460 e. The molecule has 1 amide bonds. The molecule has 292 valence electrons. The predicted molar refractivity (Wildman–Crippen MR) is 195 cm³/mol. The molecule has 0 aliphatic heterocycles. The molecule has 13 heteroatoms. The molecule has 2 aromatic carbocycles. The molecule has 0 fully saturated rings. The minimum atomic E-state index is -0.478. The molecule has 1 aliphatic carbocycles. The summed E-state index contributed by atoms with van der Waals surface area (Å²) >= 11 is 0. The Labute approximate surface area is 308 Å². The molecular formula is C39H59NO12. The quantitative estimate of drug-likeness (QED) is 0.0874. The number of rotatable bonds is 30. The first-order valence-corrected chi connectivity index (χ1v) is 18.3. The fraction of sp³-hybridized carbons (Fsp3) is 0.641. The lowest BCUT2D eigenvalue weighted by atomic mass is 9.98. The van der Waals surface area contributed by atoms with Crippen molar-refractivity contribution in [2.75, 3.05) is 119 Å². The monoisotopic (exact) mass is 733 g/mol. The van der Waals surface area contributed by atoms with Gasteiger partial charge in [0.1, 0.15) is 12.2 Å². The smallest absolute Gasteiger partial charge is 0.407 e. The van der Waals surface area contributed by atoms with Crippen molar-refractivity contribution < 1.29 is 57.0 Å². The highest BCUT2D eigenvalue weighted by molar-refractivity contribution is 5.79. The van der Waals surface area contributed by atoms with Crippen LogP contribution in [-0.2, 0) is 52.2 Å². The number of alkyl carbamates (subject to hydrolysis) is 1. The van der Waals surface area contributed by atoms with E-state index in [1.165, 1.54) is 22.3 Å². The van der Waals surface area contributed by atoms with Gasteiger partial charge in [0.05, 0.1) is 106 Å². The van der Waals surface area contributed by atoms with Gasteiger partial charge in [-0.3, -0.25) is 4.79 Å². The maximum absolute atomic E-state index is 12.3. The van der Waals surface area contributed by atoms with Crippen molar-refractivity contribution >= 4 is 12.1 Å². The van der Waals surface area contributed by atoms with Crippen molar-refractivity contribution in [3.05, 3.63) is 59.7 Å². The van der Waals surface area contributed by atoms with Gasteiger partial charge in [-0.15, -0.1) is 0 Å². The second-order valence-corrected chi connectivity index (χ2v) is 12.8. The Morgan fingerprint density at radius 3 is 1.37 bits per heavy atom. The molecule has 1 aliphatic rings. The molecule has 0 unspecified atom stereocenters. The molecule has 3 rings (SSSR count). The van der Waals surface area contributed by atoms with Gasteiger partial charge in [0.25, 0.3) is 0 Å². The van der Waals surface area contributed by atoms with Crippen LogP contribution in [0.15, 0.2) is 48.5 Å². The number of nitrogens with one attached hydrogen (secondary N) is 1. The van der Waals surface area contributed by atoms with Crippen LogP contribution < -0.4 is 5.32 Å². The third-order valence-corrected chi connectivity index (χ3v) is 7.55. The van der Waals surface area contributed by atoms with Crippen LogP contribution in [0.5, 0.6) is 0 Å². The van der Waals surface area contributed by atoms with Gasteiger partial charge in [0.2, 0.25) is 0 Å². The SMILES string of the molecule is CC(C)(C)OC(=O)CCOCCOCCOCCOCCOCCOCCOCCOCCCNC(=O)OCC1c2ccccc2-c2ccccc21. The summed E-state index contributed by atoms with van der Waals surface area (Å²) in [6, 6.07) is 16.6. The third-order valence-electron chi connectivity index (χ3n) is 7.55. The van der Waals surface area contributed by atoms with Crippen molar-refractivity contribution in [3.8, 4) is 11.1 Å². The van der Waals surface area contributed by atoms with Crippen LogP contribution >= 0.6 is 0 Å². The van der Waals surface area contributed by atoms with Gasteiger partial charge < -0.3 is 52.7 Å². The molecule has 52 heavy (non-hydrogen) atoms. The van der Waals surface area contributed by atoms with E-state index in [4.69, 9.17) is 47.4 Å². The van der Waals surface area contributed by atoms with E-state index in [1.54, 1.807) is 0 Å². The molecule has 0 bridgehead atoms. The van der Waals surface area contributed by atoms with Gasteiger partial charge in [0.15, 0.2) is 0 Å². The standard InChI is InChI=1S/C39H59NO12/c1-39(2,3)52-37(41)13-16-44-18-20-46-22-24-48-26-28-50-30-29-49-27-25-47-23-21-45-19-17-43-15-8-14-40-38(42)51-31-36-34-11-6-4-9-32(34)33-10-5-7-12-35(33)36/h4-7,9-12,36H,8,13-31H2,1-3H3,(H,40,42). The van der Waals surface area contributed by atoms with E-state index >= 15 is 0 Å². The summed E-state index contributed by atoms with van der Waals surface area (Å²) in [6.07, 6.45) is 0.491. The number of benzene rings is 2. The van der Waals surface area contributed by atoms with Crippen LogP contribution in [0, 0.1) is 0 Å². The first-order chi connectivity index (χ1) is 25.3. The third kappa shape index (κ3) is 19.1. The lowest BCUT2D eigenvalue weighted by Gasteiger charge is -2.19. The van der Waals surface area contributed by atoms with E-state index < -0.39 is 11.7 Å². The summed E-state index contributed by atoms with van der Waals surface area (Å²) in [6.45, 7) is 13.7. The number of ether oxygens (including phenoxy) is 10. The fourth-order valence-electron chi connectivity index (χ4n) is 5.20. The van der Waals surface area contributed by atoms with Gasteiger partial charge in [-0.25, -0.2) is 4.79 Å². The van der Waals surface area contributed by atoms with Crippen molar-refractivity contribution in [3.63, 3.8) is 0 Å². The van der Waals surface area contributed by atoms with Gasteiger partial charge in [0, 0.05) is 19.1 Å². The number of carbonyl (C=O) groups is 2. The summed E-state index contributed by atoms with van der Waals surface area (Å²) in [5.41, 5.74) is 4.32. The second-order valence-electron chi connectivity index (χ2n) is 12.8. The van der Waals surface area contributed by atoms with Crippen molar-refractivity contribution in [2.45, 2.75) is 45.1 Å². The second kappa shape index (κ2) is 26.6. The summed E-state index contributed by atoms with van der Waals surface area (Å²) < 4.78 is 54.6. The average molecular weight is 734 g/mol. The van der Waals surface area contributed by atoms with E-state index in [1.807, 2.05) is 45.0 Å². The van der Waals surface area contributed by atoms with Crippen molar-refractivity contribution in [2.24, 2.45) is 0 Å². The Bertz CT molecular complexity index is 1210. The van der Waals surface area contributed by atoms with E-state index in [0.29, 0.717) is 125 Å². The zero-order chi connectivity index (χ0) is 37.1. The molecule has 13 nitrogen and oxygen atoms in total. The lowest BCUT2D eigenvalue weighted by molar-refractivity contribution is -0.156. The molecule has 2 aromatic rings. The molecule has 0 saturated carbocycles. The van der Waals surface area contributed by atoms with Crippen LogP contribution in [-0.4, -0.2) is 137 Å². The zero-order valence-corrected chi connectivity index (χ0v) is 31.2.